The molecule has 3 fully saturated rings. The lowest BCUT2D eigenvalue weighted by Crippen LogP contribution is -2.47. The zero-order chi connectivity index (χ0) is 12.4. The molecule has 3 nitrogen and oxygen atoms in total. The van der Waals surface area contributed by atoms with Crippen molar-refractivity contribution in [2.45, 2.75) is 68.8 Å². The molecular weight excluding hydrogens is 246 g/mol. The SMILES string of the molecule is NC1CCCC1OC1CCOC2(CCSCC2)C1. The maximum absolute atomic E-state index is 6.28. The molecule has 4 heteroatoms. The van der Waals surface area contributed by atoms with Crippen LogP contribution in [0.15, 0.2) is 0 Å². The van der Waals surface area contributed by atoms with Crippen LogP contribution in [0.4, 0.5) is 0 Å². The summed E-state index contributed by atoms with van der Waals surface area (Å²) < 4.78 is 12.4. The van der Waals surface area contributed by atoms with E-state index in [0.717, 1.165) is 32.3 Å². The fourth-order valence-electron chi connectivity index (χ4n) is 3.56. The first-order valence-electron chi connectivity index (χ1n) is 7.40. The van der Waals surface area contributed by atoms with E-state index in [4.69, 9.17) is 15.2 Å². The lowest BCUT2D eigenvalue weighted by atomic mass is 9.86. The Labute approximate surface area is 114 Å². The minimum atomic E-state index is 0.136. The average molecular weight is 271 g/mol. The lowest BCUT2D eigenvalue weighted by molar-refractivity contribution is -0.151. The summed E-state index contributed by atoms with van der Waals surface area (Å²) in [4.78, 5) is 0. The Morgan fingerprint density at radius 1 is 1.17 bits per heavy atom. The largest absolute Gasteiger partial charge is 0.375 e. The second-order valence-corrected chi connectivity index (χ2v) is 7.25. The number of thioether (sulfide) groups is 1. The van der Waals surface area contributed by atoms with Gasteiger partial charge in [0.1, 0.15) is 0 Å². The summed E-state index contributed by atoms with van der Waals surface area (Å²) in [6.45, 7) is 0.872. The molecular formula is C14H25NO2S. The highest BCUT2D eigenvalue weighted by atomic mass is 32.2. The van der Waals surface area contributed by atoms with E-state index in [2.05, 4.69) is 11.8 Å². The number of rotatable bonds is 2. The van der Waals surface area contributed by atoms with Crippen molar-refractivity contribution in [1.29, 1.82) is 0 Å². The zero-order valence-corrected chi connectivity index (χ0v) is 11.9. The van der Waals surface area contributed by atoms with Gasteiger partial charge >= 0.3 is 0 Å². The number of hydrogen-bond donors (Lipinski definition) is 1. The third-order valence-electron chi connectivity index (χ3n) is 4.72. The molecule has 0 aromatic carbocycles. The van der Waals surface area contributed by atoms with E-state index in [1.807, 2.05) is 0 Å². The third kappa shape index (κ3) is 2.87. The van der Waals surface area contributed by atoms with Crippen molar-refractivity contribution in [2.24, 2.45) is 5.73 Å². The Hall–Kier alpha value is 0.230. The van der Waals surface area contributed by atoms with Crippen molar-refractivity contribution in [3.63, 3.8) is 0 Å². The summed E-state index contributed by atoms with van der Waals surface area (Å²) in [7, 11) is 0. The fourth-order valence-corrected chi connectivity index (χ4v) is 4.80. The molecule has 18 heavy (non-hydrogen) atoms. The van der Waals surface area contributed by atoms with Crippen molar-refractivity contribution in [3.8, 4) is 0 Å². The van der Waals surface area contributed by atoms with E-state index in [-0.39, 0.29) is 11.6 Å². The summed E-state index contributed by atoms with van der Waals surface area (Å²) >= 11 is 2.06. The third-order valence-corrected chi connectivity index (χ3v) is 5.71. The van der Waals surface area contributed by atoms with Crippen LogP contribution < -0.4 is 5.73 Å². The van der Waals surface area contributed by atoms with Gasteiger partial charge in [0, 0.05) is 19.1 Å². The van der Waals surface area contributed by atoms with Crippen molar-refractivity contribution in [3.05, 3.63) is 0 Å². The first-order valence-corrected chi connectivity index (χ1v) is 8.56. The van der Waals surface area contributed by atoms with E-state index in [1.165, 1.54) is 30.8 Å². The molecule has 3 atom stereocenters. The van der Waals surface area contributed by atoms with Crippen LogP contribution in [0.1, 0.15) is 44.9 Å². The maximum Gasteiger partial charge on any atom is 0.0729 e. The van der Waals surface area contributed by atoms with Gasteiger partial charge in [-0.1, -0.05) is 0 Å². The molecule has 3 aliphatic rings. The second kappa shape index (κ2) is 5.70. The van der Waals surface area contributed by atoms with Crippen molar-refractivity contribution < 1.29 is 9.47 Å². The van der Waals surface area contributed by atoms with E-state index in [9.17, 15) is 0 Å². The van der Waals surface area contributed by atoms with Crippen LogP contribution in [-0.4, -0.2) is 42.0 Å². The molecule has 1 aliphatic carbocycles. The number of nitrogens with two attached hydrogens (primary N) is 1. The van der Waals surface area contributed by atoms with Crippen LogP contribution in [0.25, 0.3) is 0 Å². The number of ether oxygens (including phenoxy) is 2. The molecule has 0 aromatic rings. The van der Waals surface area contributed by atoms with E-state index < -0.39 is 0 Å². The molecule has 3 rings (SSSR count). The highest BCUT2D eigenvalue weighted by molar-refractivity contribution is 7.99. The lowest BCUT2D eigenvalue weighted by Gasteiger charge is -2.43. The normalized spacial score (nSPS) is 40.2. The van der Waals surface area contributed by atoms with Gasteiger partial charge in [-0.3, -0.25) is 0 Å². The fraction of sp³-hybridized carbons (Fsp3) is 1.00. The summed E-state index contributed by atoms with van der Waals surface area (Å²) in [5, 5.41) is 0. The average Bonchev–Trinajstić information content (AvgIpc) is 2.76. The Morgan fingerprint density at radius 2 is 2.00 bits per heavy atom. The van der Waals surface area contributed by atoms with Crippen LogP contribution in [0.2, 0.25) is 0 Å². The molecule has 1 spiro atoms. The van der Waals surface area contributed by atoms with Gasteiger partial charge in [-0.2, -0.15) is 11.8 Å². The molecule has 2 heterocycles. The van der Waals surface area contributed by atoms with E-state index in [1.54, 1.807) is 0 Å². The van der Waals surface area contributed by atoms with Gasteiger partial charge in [-0.05, 0) is 50.0 Å². The predicted octanol–water partition coefficient (Wildman–Crippen LogP) is 2.33. The second-order valence-electron chi connectivity index (χ2n) is 6.03. The van der Waals surface area contributed by atoms with Crippen molar-refractivity contribution in [1.82, 2.24) is 0 Å². The van der Waals surface area contributed by atoms with Gasteiger partial charge in [0.2, 0.25) is 0 Å². The summed E-state index contributed by atoms with van der Waals surface area (Å²) in [5.74, 6) is 2.49. The Kier molecular flexibility index (Phi) is 4.18. The highest BCUT2D eigenvalue weighted by Crippen LogP contribution is 2.39. The molecule has 0 radical (unpaired) electrons. The highest BCUT2D eigenvalue weighted by Gasteiger charge is 2.40. The number of hydrogen-bond acceptors (Lipinski definition) is 4. The molecule has 3 unspecified atom stereocenters. The minimum Gasteiger partial charge on any atom is -0.375 e. The van der Waals surface area contributed by atoms with Crippen LogP contribution in [0.3, 0.4) is 0 Å². The van der Waals surface area contributed by atoms with Gasteiger partial charge in [-0.15, -0.1) is 0 Å². The van der Waals surface area contributed by atoms with Crippen LogP contribution >= 0.6 is 11.8 Å². The first-order chi connectivity index (χ1) is 8.77. The Bertz CT molecular complexity index is 275. The Balaban J connectivity index is 1.56. The standard InChI is InChI=1S/C14H25NO2S/c15-12-2-1-3-13(12)17-11-4-7-16-14(10-11)5-8-18-9-6-14/h11-13H,1-10,15H2. The Morgan fingerprint density at radius 3 is 2.72 bits per heavy atom. The topological polar surface area (TPSA) is 44.5 Å². The zero-order valence-electron chi connectivity index (χ0n) is 11.1. The monoisotopic (exact) mass is 271 g/mol. The summed E-state index contributed by atoms with van der Waals surface area (Å²) in [5.41, 5.74) is 6.24. The van der Waals surface area contributed by atoms with Crippen LogP contribution in [0, 0.1) is 0 Å². The van der Waals surface area contributed by atoms with Crippen LogP contribution in [-0.2, 0) is 9.47 Å². The quantitative estimate of drug-likeness (QED) is 0.837. The van der Waals surface area contributed by atoms with Gasteiger partial charge in [0.05, 0.1) is 17.8 Å². The molecule has 1 saturated carbocycles. The molecule has 2 aliphatic heterocycles. The predicted molar refractivity (Wildman–Crippen MR) is 75.0 cm³/mol. The smallest absolute Gasteiger partial charge is 0.0729 e. The van der Waals surface area contributed by atoms with Gasteiger partial charge in [0.15, 0.2) is 0 Å². The molecule has 104 valence electrons. The first kappa shape index (κ1) is 13.2. The molecule has 2 N–H and O–H groups in total. The molecule has 0 aromatic heterocycles. The van der Waals surface area contributed by atoms with Crippen molar-refractivity contribution in [2.75, 3.05) is 18.1 Å². The molecule has 0 bridgehead atoms. The van der Waals surface area contributed by atoms with E-state index >= 15 is 0 Å². The summed E-state index contributed by atoms with van der Waals surface area (Å²) in [6.07, 6.45) is 8.77. The molecule has 0 amide bonds. The van der Waals surface area contributed by atoms with Gasteiger partial charge in [-0.25, -0.2) is 0 Å². The van der Waals surface area contributed by atoms with Gasteiger partial charge < -0.3 is 15.2 Å². The molecule has 2 saturated heterocycles. The van der Waals surface area contributed by atoms with Crippen molar-refractivity contribution >= 4 is 11.8 Å². The minimum absolute atomic E-state index is 0.136. The van der Waals surface area contributed by atoms with Crippen LogP contribution in [0.5, 0.6) is 0 Å². The van der Waals surface area contributed by atoms with E-state index in [0.29, 0.717) is 12.2 Å². The maximum atomic E-state index is 6.28. The summed E-state index contributed by atoms with van der Waals surface area (Å²) in [6, 6.07) is 0.269. The van der Waals surface area contributed by atoms with Gasteiger partial charge in [0.25, 0.3) is 0 Å².